The largest absolute Gasteiger partial charge is 0.434 e. The van der Waals surface area contributed by atoms with Crippen molar-refractivity contribution >= 4 is 33.5 Å². The summed E-state index contributed by atoms with van der Waals surface area (Å²) in [5.41, 5.74) is 0.763. The summed E-state index contributed by atoms with van der Waals surface area (Å²) in [7, 11) is 0. The lowest BCUT2D eigenvalue weighted by Crippen LogP contribution is -2.19. The topological polar surface area (TPSA) is 36.3 Å². The van der Waals surface area contributed by atoms with E-state index in [1.807, 2.05) is 28.7 Å². The van der Waals surface area contributed by atoms with Crippen LogP contribution in [0.2, 0.25) is 0 Å². The lowest BCUT2D eigenvalue weighted by atomic mass is 10.2. The van der Waals surface area contributed by atoms with Gasteiger partial charge in [0.05, 0.1) is 10.9 Å². The smallest absolute Gasteiger partial charge is 0.387 e. The number of aromatic nitrogens is 2. The number of alkyl halides is 2. The van der Waals surface area contributed by atoms with E-state index in [1.165, 1.54) is 6.07 Å². The predicted molar refractivity (Wildman–Crippen MR) is 77.9 cm³/mol. The van der Waals surface area contributed by atoms with E-state index < -0.39 is 6.61 Å². The second-order valence-electron chi connectivity index (χ2n) is 4.59. The molecule has 1 fully saturated rings. The Morgan fingerprint density at radius 1 is 1.40 bits per heavy atom. The van der Waals surface area contributed by atoms with Crippen LogP contribution in [0.5, 0.6) is 5.75 Å². The molecule has 1 atom stereocenters. The zero-order valence-corrected chi connectivity index (χ0v) is 12.7. The first kappa shape index (κ1) is 14.0. The Hall–Kier alpha value is -0.960. The summed E-state index contributed by atoms with van der Waals surface area (Å²) in [5, 5.41) is 5.05. The summed E-state index contributed by atoms with van der Waals surface area (Å²) in [6, 6.07) is 5.07. The minimum absolute atomic E-state index is 0.128. The molecule has 0 amide bonds. The van der Waals surface area contributed by atoms with E-state index in [0.29, 0.717) is 15.7 Å². The average Bonchev–Trinajstić information content (AvgIpc) is 2.78. The number of benzene rings is 1. The van der Waals surface area contributed by atoms with Gasteiger partial charge in [-0.05, 0) is 54.0 Å². The highest BCUT2D eigenvalue weighted by atomic mass is 127. The van der Waals surface area contributed by atoms with E-state index >= 15 is 0 Å². The standard InChI is InChI=1S/C13H13F2IN2O2/c14-13(15)20-9-5-3-4-8-11(9)12(16)17-18(8)10-6-1-2-7-19-10/h3-5,10,13H,1-2,6-7H2. The maximum absolute atomic E-state index is 12.5. The molecule has 1 aliphatic heterocycles. The maximum Gasteiger partial charge on any atom is 0.387 e. The van der Waals surface area contributed by atoms with E-state index in [9.17, 15) is 8.78 Å². The molecule has 7 heteroatoms. The molecule has 0 saturated carbocycles. The van der Waals surface area contributed by atoms with Crippen LogP contribution in [0.15, 0.2) is 18.2 Å². The van der Waals surface area contributed by atoms with Gasteiger partial charge in [0.25, 0.3) is 0 Å². The number of fused-ring (bicyclic) bond motifs is 1. The van der Waals surface area contributed by atoms with Crippen molar-refractivity contribution in [2.75, 3.05) is 6.61 Å². The molecule has 2 heterocycles. The van der Waals surface area contributed by atoms with Crippen LogP contribution in [0.3, 0.4) is 0 Å². The normalized spacial score (nSPS) is 19.7. The van der Waals surface area contributed by atoms with Crippen molar-refractivity contribution in [1.82, 2.24) is 9.78 Å². The van der Waals surface area contributed by atoms with Gasteiger partial charge in [0, 0.05) is 6.61 Å². The van der Waals surface area contributed by atoms with Crippen molar-refractivity contribution in [3.8, 4) is 5.75 Å². The van der Waals surface area contributed by atoms with Crippen LogP contribution in [0.25, 0.3) is 10.9 Å². The molecule has 1 aliphatic rings. The highest BCUT2D eigenvalue weighted by Crippen LogP contribution is 2.34. The Morgan fingerprint density at radius 2 is 2.25 bits per heavy atom. The van der Waals surface area contributed by atoms with E-state index in [-0.39, 0.29) is 12.0 Å². The fraction of sp³-hybridized carbons (Fsp3) is 0.462. The summed E-state index contributed by atoms with van der Waals surface area (Å²) in [6.45, 7) is -2.14. The third-order valence-electron chi connectivity index (χ3n) is 3.30. The third-order valence-corrected chi connectivity index (χ3v) is 4.05. The van der Waals surface area contributed by atoms with Gasteiger partial charge in [0.1, 0.15) is 9.45 Å². The molecule has 4 nitrogen and oxygen atoms in total. The Balaban J connectivity index is 2.06. The number of hydrogen-bond donors (Lipinski definition) is 0. The van der Waals surface area contributed by atoms with E-state index in [2.05, 4.69) is 9.84 Å². The molecule has 20 heavy (non-hydrogen) atoms. The van der Waals surface area contributed by atoms with Crippen LogP contribution in [-0.2, 0) is 4.74 Å². The summed E-state index contributed by atoms with van der Waals surface area (Å²) in [5.74, 6) is 0.156. The second-order valence-corrected chi connectivity index (χ2v) is 5.61. The van der Waals surface area contributed by atoms with Crippen molar-refractivity contribution in [2.24, 2.45) is 0 Å². The van der Waals surface area contributed by atoms with Crippen molar-refractivity contribution < 1.29 is 18.3 Å². The van der Waals surface area contributed by atoms with Crippen LogP contribution in [0.1, 0.15) is 25.5 Å². The molecule has 3 rings (SSSR count). The molecule has 0 aliphatic carbocycles. The first-order valence-corrected chi connectivity index (χ1v) is 7.48. The van der Waals surface area contributed by atoms with Crippen LogP contribution < -0.4 is 4.74 Å². The summed E-state index contributed by atoms with van der Waals surface area (Å²) in [4.78, 5) is 0. The van der Waals surface area contributed by atoms with Crippen LogP contribution >= 0.6 is 22.6 Å². The Labute approximate surface area is 128 Å². The van der Waals surface area contributed by atoms with Gasteiger partial charge < -0.3 is 9.47 Å². The summed E-state index contributed by atoms with van der Waals surface area (Å²) in [6.07, 6.45) is 2.88. The fourth-order valence-corrected chi connectivity index (χ4v) is 3.22. The fourth-order valence-electron chi connectivity index (χ4n) is 2.45. The predicted octanol–water partition coefficient (Wildman–Crippen LogP) is 3.94. The molecule has 1 aromatic heterocycles. The highest BCUT2D eigenvalue weighted by Gasteiger charge is 2.22. The number of hydrogen-bond acceptors (Lipinski definition) is 3. The molecule has 1 saturated heterocycles. The molecular weight excluding hydrogens is 381 g/mol. The van der Waals surface area contributed by atoms with Gasteiger partial charge in [-0.25, -0.2) is 4.68 Å². The van der Waals surface area contributed by atoms with Crippen molar-refractivity contribution in [1.29, 1.82) is 0 Å². The summed E-state index contributed by atoms with van der Waals surface area (Å²) >= 11 is 2.04. The lowest BCUT2D eigenvalue weighted by molar-refractivity contribution is -0.0488. The number of ether oxygens (including phenoxy) is 2. The molecule has 2 aromatic rings. The molecule has 1 aromatic carbocycles. The Bertz CT molecular complexity index is 612. The van der Waals surface area contributed by atoms with Gasteiger partial charge in [0.2, 0.25) is 0 Å². The molecule has 0 bridgehead atoms. The molecule has 0 spiro atoms. The second kappa shape index (κ2) is 5.80. The molecule has 108 valence electrons. The van der Waals surface area contributed by atoms with Gasteiger partial charge in [-0.3, -0.25) is 0 Å². The number of nitrogens with zero attached hydrogens (tertiary/aromatic N) is 2. The average molecular weight is 394 g/mol. The maximum atomic E-state index is 12.5. The zero-order chi connectivity index (χ0) is 14.1. The van der Waals surface area contributed by atoms with Gasteiger partial charge >= 0.3 is 6.61 Å². The monoisotopic (exact) mass is 394 g/mol. The number of rotatable bonds is 3. The van der Waals surface area contributed by atoms with Crippen LogP contribution in [0.4, 0.5) is 8.78 Å². The van der Waals surface area contributed by atoms with Gasteiger partial charge in [-0.15, -0.1) is 0 Å². The van der Waals surface area contributed by atoms with Crippen LogP contribution in [0, 0.1) is 3.70 Å². The van der Waals surface area contributed by atoms with Crippen molar-refractivity contribution in [3.63, 3.8) is 0 Å². The third kappa shape index (κ3) is 2.60. The minimum Gasteiger partial charge on any atom is -0.434 e. The number of halogens is 3. The quantitative estimate of drug-likeness (QED) is 0.741. The molecule has 1 unspecified atom stereocenters. The Kier molecular flexibility index (Phi) is 4.06. The SMILES string of the molecule is FC(F)Oc1cccc2c1c(I)nn2C1CCCCO1. The zero-order valence-electron chi connectivity index (χ0n) is 10.6. The van der Waals surface area contributed by atoms with E-state index in [4.69, 9.17) is 4.74 Å². The first-order chi connectivity index (χ1) is 9.66. The molecular formula is C13H13F2IN2O2. The van der Waals surface area contributed by atoms with Gasteiger partial charge in [-0.1, -0.05) is 6.07 Å². The van der Waals surface area contributed by atoms with Gasteiger partial charge in [-0.2, -0.15) is 13.9 Å². The molecule has 0 radical (unpaired) electrons. The minimum atomic E-state index is -2.84. The van der Waals surface area contributed by atoms with Crippen molar-refractivity contribution in [3.05, 3.63) is 21.9 Å². The highest BCUT2D eigenvalue weighted by molar-refractivity contribution is 14.1. The molecule has 0 N–H and O–H groups in total. The van der Waals surface area contributed by atoms with Gasteiger partial charge in [0.15, 0.2) is 6.23 Å². The van der Waals surface area contributed by atoms with Crippen molar-refractivity contribution in [2.45, 2.75) is 32.1 Å². The van der Waals surface area contributed by atoms with Crippen LogP contribution in [-0.4, -0.2) is 23.0 Å². The Morgan fingerprint density at radius 3 is 2.95 bits per heavy atom. The lowest BCUT2D eigenvalue weighted by Gasteiger charge is -2.23. The first-order valence-electron chi connectivity index (χ1n) is 6.40. The van der Waals surface area contributed by atoms with E-state index in [1.54, 1.807) is 10.7 Å². The van der Waals surface area contributed by atoms with E-state index in [0.717, 1.165) is 24.8 Å². The summed E-state index contributed by atoms with van der Waals surface area (Å²) < 4.78 is 37.6.